The van der Waals surface area contributed by atoms with E-state index in [1.54, 1.807) is 0 Å². The van der Waals surface area contributed by atoms with Crippen molar-refractivity contribution in [2.24, 2.45) is 10.2 Å². The molecule has 0 bridgehead atoms. The van der Waals surface area contributed by atoms with E-state index in [-0.39, 0.29) is 29.6 Å². The number of nitrogen functional groups attached to an aromatic ring is 1. The standard InChI is InChI=1S/C20H15N3O13S4.Na/c21-13-8-10(37(25,26)27)6-9-7-16(39(31,32)33)18(19(24)17(9)13)23-22-14-5-4-11-12(20(14)40(34,35)36)2-1-3-15(11)38(28,29)30;/h1-8,24H,21H2,(H,25,26,27)(H,28,29,30)(H,31,32,33)(H,34,35,36);/q;+1/p-4. The van der Waals surface area contributed by atoms with Crippen molar-refractivity contribution in [3.05, 3.63) is 48.5 Å². The SMILES string of the molecule is Nc1cc(S(=O)(=O)[O-])cc2cc(S(=O)(=O)[O-])c(N=Nc3ccc4c(S(=O)(=O)[O-])cccc4c3S(=O)(=O)[O-])c(O)c12.[Na+]. The van der Waals surface area contributed by atoms with Crippen LogP contribution in [0.25, 0.3) is 21.5 Å². The zero-order chi connectivity index (χ0) is 30.0. The molecular weight excluding hydrogens is 641 g/mol. The Kier molecular flexibility index (Phi) is 8.64. The minimum atomic E-state index is -5.52. The Bertz CT molecular complexity index is 2240. The number of hydrogen-bond acceptors (Lipinski definition) is 16. The second kappa shape index (κ2) is 10.8. The molecule has 0 aromatic heterocycles. The van der Waals surface area contributed by atoms with Crippen LogP contribution >= 0.6 is 0 Å². The summed E-state index contributed by atoms with van der Waals surface area (Å²) in [5.74, 6) is -1.14. The molecule has 0 saturated carbocycles. The first-order valence-corrected chi connectivity index (χ1v) is 15.7. The first kappa shape index (κ1) is 32.8. The topological polar surface area (TPSA) is 300 Å². The summed E-state index contributed by atoms with van der Waals surface area (Å²) in [6.45, 7) is 0. The number of benzene rings is 4. The molecule has 0 fully saturated rings. The molecule has 3 N–H and O–H groups in total. The number of fused-ring (bicyclic) bond motifs is 2. The van der Waals surface area contributed by atoms with Gasteiger partial charge in [-0.3, -0.25) is 0 Å². The second-order valence-corrected chi connectivity index (χ2v) is 13.4. The summed E-state index contributed by atoms with van der Waals surface area (Å²) in [6, 6.07) is 6.30. The van der Waals surface area contributed by atoms with Gasteiger partial charge in [0.15, 0.2) is 5.75 Å². The number of phenolic OH excluding ortho intramolecular Hbond substituents is 1. The van der Waals surface area contributed by atoms with Crippen molar-refractivity contribution in [1.82, 2.24) is 0 Å². The van der Waals surface area contributed by atoms with Crippen LogP contribution in [0, 0.1) is 0 Å². The van der Waals surface area contributed by atoms with Gasteiger partial charge in [0.2, 0.25) is 0 Å². The Hall–Kier alpha value is -2.76. The fourth-order valence-electron chi connectivity index (χ4n) is 3.88. The largest absolute Gasteiger partial charge is 1.00 e. The maximum absolute atomic E-state index is 12.1. The Labute approximate surface area is 253 Å². The van der Waals surface area contributed by atoms with E-state index in [0.29, 0.717) is 18.2 Å². The summed E-state index contributed by atoms with van der Waals surface area (Å²) in [5.41, 5.74) is 3.26. The van der Waals surface area contributed by atoms with Crippen LogP contribution in [-0.2, 0) is 40.5 Å². The van der Waals surface area contributed by atoms with Crippen LogP contribution in [0.3, 0.4) is 0 Å². The van der Waals surface area contributed by atoms with Gasteiger partial charge in [-0.25, -0.2) is 33.7 Å². The van der Waals surface area contributed by atoms with Crippen molar-refractivity contribution in [2.75, 3.05) is 5.73 Å². The monoisotopic (exact) mass is 652 g/mol. The zero-order valence-electron chi connectivity index (χ0n) is 20.1. The number of azo groups is 1. The third-order valence-corrected chi connectivity index (χ3v) is 8.93. The van der Waals surface area contributed by atoms with Crippen LogP contribution in [-0.4, -0.2) is 57.0 Å². The van der Waals surface area contributed by atoms with E-state index in [2.05, 4.69) is 10.2 Å². The van der Waals surface area contributed by atoms with Crippen LogP contribution in [0.5, 0.6) is 5.75 Å². The van der Waals surface area contributed by atoms with Gasteiger partial charge in [-0.1, -0.05) is 18.2 Å². The average Bonchev–Trinajstić information content (AvgIpc) is 2.79. The molecule has 0 heterocycles. The molecule has 4 rings (SSSR count). The Morgan fingerprint density at radius 3 is 1.83 bits per heavy atom. The number of nitrogens with zero attached hydrogens (tertiary/aromatic N) is 2. The van der Waals surface area contributed by atoms with Crippen molar-refractivity contribution >= 4 is 79.1 Å². The van der Waals surface area contributed by atoms with E-state index < -0.39 is 104 Å². The molecule has 0 atom stereocenters. The summed E-state index contributed by atoms with van der Waals surface area (Å²) in [5, 5.41) is 15.7. The van der Waals surface area contributed by atoms with E-state index in [1.165, 1.54) is 0 Å². The molecule has 16 nitrogen and oxygen atoms in total. The van der Waals surface area contributed by atoms with Gasteiger partial charge in [-0.15, -0.1) is 10.2 Å². The molecule has 0 saturated heterocycles. The normalized spacial score (nSPS) is 13.1. The fraction of sp³-hybridized carbons (Fsp3) is 0. The predicted octanol–water partition coefficient (Wildman–Crippen LogP) is -1.68. The summed E-state index contributed by atoms with van der Waals surface area (Å²) in [7, 11) is -21.2. The van der Waals surface area contributed by atoms with Crippen LogP contribution < -0.4 is 35.3 Å². The number of nitrogens with two attached hydrogens (primary N) is 1. The second-order valence-electron chi connectivity index (χ2n) is 7.96. The minimum Gasteiger partial charge on any atom is -0.744 e. The van der Waals surface area contributed by atoms with E-state index in [9.17, 15) is 57.0 Å². The first-order chi connectivity index (χ1) is 18.2. The summed E-state index contributed by atoms with van der Waals surface area (Å²) < 4.78 is 141. The fourth-order valence-corrected chi connectivity index (χ4v) is 6.57. The molecule has 4 aromatic carbocycles. The molecule has 0 amide bonds. The van der Waals surface area contributed by atoms with Crippen LogP contribution in [0.4, 0.5) is 17.1 Å². The molecule has 0 aliphatic rings. The van der Waals surface area contributed by atoms with Gasteiger partial charge < -0.3 is 29.1 Å². The maximum atomic E-state index is 12.1. The Balaban J connectivity index is 0.00000462. The van der Waals surface area contributed by atoms with Crippen LogP contribution in [0.1, 0.15) is 0 Å². The predicted molar refractivity (Wildman–Crippen MR) is 130 cm³/mol. The maximum Gasteiger partial charge on any atom is 1.00 e. The van der Waals surface area contributed by atoms with Gasteiger partial charge in [0.25, 0.3) is 0 Å². The molecule has 212 valence electrons. The number of aromatic hydroxyl groups is 1. The number of rotatable bonds is 6. The summed E-state index contributed by atoms with van der Waals surface area (Å²) in [6.07, 6.45) is 0. The van der Waals surface area contributed by atoms with E-state index >= 15 is 0 Å². The molecule has 0 radical (unpaired) electrons. The van der Waals surface area contributed by atoms with Gasteiger partial charge in [-0.05, 0) is 35.7 Å². The third-order valence-electron chi connectivity index (χ3n) is 5.44. The van der Waals surface area contributed by atoms with E-state index in [1.807, 2.05) is 0 Å². The molecule has 0 spiro atoms. The van der Waals surface area contributed by atoms with E-state index in [4.69, 9.17) is 5.73 Å². The summed E-state index contributed by atoms with van der Waals surface area (Å²) in [4.78, 5) is -4.24. The van der Waals surface area contributed by atoms with Gasteiger partial charge in [0, 0.05) is 21.8 Å². The van der Waals surface area contributed by atoms with Gasteiger partial charge in [0.1, 0.15) is 51.8 Å². The van der Waals surface area contributed by atoms with Crippen molar-refractivity contribution in [2.45, 2.75) is 19.6 Å². The minimum absolute atomic E-state index is 0. The Morgan fingerprint density at radius 1 is 0.683 bits per heavy atom. The Morgan fingerprint density at radius 2 is 1.29 bits per heavy atom. The van der Waals surface area contributed by atoms with Gasteiger partial charge in [-0.2, -0.15) is 0 Å². The van der Waals surface area contributed by atoms with Gasteiger partial charge >= 0.3 is 29.6 Å². The average molecular weight is 653 g/mol. The number of hydrogen-bond donors (Lipinski definition) is 2. The molecule has 21 heteroatoms. The third kappa shape index (κ3) is 6.36. The summed E-state index contributed by atoms with van der Waals surface area (Å²) >= 11 is 0. The molecule has 0 unspecified atom stereocenters. The molecule has 41 heavy (non-hydrogen) atoms. The molecule has 0 aliphatic carbocycles. The number of anilines is 1. The van der Waals surface area contributed by atoms with Crippen molar-refractivity contribution < 1.29 is 86.5 Å². The van der Waals surface area contributed by atoms with Crippen molar-refractivity contribution in [3.63, 3.8) is 0 Å². The van der Waals surface area contributed by atoms with Gasteiger partial charge in [0.05, 0.1) is 19.6 Å². The first-order valence-electron chi connectivity index (χ1n) is 10.1. The quantitative estimate of drug-likeness (QED) is 0.102. The molecular formula is C20H11N3NaO13S4-3. The molecule has 0 aliphatic heterocycles. The van der Waals surface area contributed by atoms with Crippen LogP contribution in [0.2, 0.25) is 0 Å². The van der Waals surface area contributed by atoms with Crippen molar-refractivity contribution in [3.8, 4) is 5.75 Å². The zero-order valence-corrected chi connectivity index (χ0v) is 25.3. The van der Waals surface area contributed by atoms with E-state index in [0.717, 1.165) is 30.3 Å². The number of phenols is 1. The molecule has 4 aromatic rings. The smallest absolute Gasteiger partial charge is 0.744 e. The van der Waals surface area contributed by atoms with Crippen molar-refractivity contribution in [1.29, 1.82) is 0 Å². The van der Waals surface area contributed by atoms with Crippen LogP contribution in [0.15, 0.2) is 78.3 Å².